The van der Waals surface area contributed by atoms with Gasteiger partial charge in [0.05, 0.1) is 12.2 Å². The molecule has 0 aromatic heterocycles. The molecule has 0 unspecified atom stereocenters. The van der Waals surface area contributed by atoms with Gasteiger partial charge in [0.15, 0.2) is 0 Å². The molecule has 0 aliphatic carbocycles. The maximum absolute atomic E-state index is 10.5. The van der Waals surface area contributed by atoms with E-state index in [-0.39, 0.29) is 5.60 Å². The van der Waals surface area contributed by atoms with Crippen molar-refractivity contribution < 1.29 is 29.3 Å². The second-order valence-electron chi connectivity index (χ2n) is 14.6. The first-order valence-corrected chi connectivity index (χ1v) is 21.1. The van der Waals surface area contributed by atoms with E-state index < -0.39 is 11.9 Å². The average Bonchev–Trinajstić information content (AvgIpc) is 3.06. The van der Waals surface area contributed by atoms with Crippen LogP contribution in [-0.2, 0) is 19.1 Å². The Balaban J connectivity index is 3.79. The van der Waals surface area contributed by atoms with Gasteiger partial charge in [0.1, 0.15) is 0 Å². The molecule has 0 aromatic carbocycles. The Kier molecular flexibility index (Phi) is 36.2. The van der Waals surface area contributed by atoms with Gasteiger partial charge in [0.2, 0.25) is 0 Å². The zero-order chi connectivity index (χ0) is 35.2. The highest BCUT2D eigenvalue weighted by atomic mass is 16.5. The summed E-state index contributed by atoms with van der Waals surface area (Å²) < 4.78 is 12.4. The molecule has 2 N–H and O–H groups in total. The van der Waals surface area contributed by atoms with Crippen LogP contribution >= 0.6 is 0 Å². The summed E-state index contributed by atoms with van der Waals surface area (Å²) in [5.74, 6) is -1.32. The molecule has 0 saturated carbocycles. The first-order valence-electron chi connectivity index (χ1n) is 21.1. The zero-order valence-electron chi connectivity index (χ0n) is 32.2. The summed E-state index contributed by atoms with van der Waals surface area (Å²) in [6.07, 6.45) is 41.1. The average molecular weight is 683 g/mol. The summed E-state index contributed by atoms with van der Waals surface area (Å²) in [4.78, 5) is 21.1. The van der Waals surface area contributed by atoms with Gasteiger partial charge in [-0.25, -0.2) is 0 Å². The summed E-state index contributed by atoms with van der Waals surface area (Å²) in [7, 11) is 0. The van der Waals surface area contributed by atoms with Gasteiger partial charge in [-0.2, -0.15) is 0 Å². The maximum Gasteiger partial charge on any atom is 0.303 e. The van der Waals surface area contributed by atoms with Crippen LogP contribution in [0.4, 0.5) is 0 Å². The van der Waals surface area contributed by atoms with Crippen molar-refractivity contribution in [2.24, 2.45) is 0 Å². The molecule has 0 heterocycles. The molecule has 0 spiro atoms. The van der Waals surface area contributed by atoms with Crippen molar-refractivity contribution in [3.05, 3.63) is 0 Å². The summed E-state index contributed by atoms with van der Waals surface area (Å²) >= 11 is 0. The highest BCUT2D eigenvalue weighted by Gasteiger charge is 2.30. The minimum atomic E-state index is -0.662. The first-order chi connectivity index (χ1) is 23.5. The third-order valence-corrected chi connectivity index (χ3v) is 10.1. The van der Waals surface area contributed by atoms with E-state index in [2.05, 4.69) is 13.8 Å². The Morgan fingerprint density at radius 2 is 0.646 bits per heavy atom. The normalized spacial score (nSPS) is 11.8. The molecule has 6 nitrogen and oxygen atoms in total. The number of aliphatic carboxylic acids is 2. The number of carboxylic acid groups (broad SMARTS) is 2. The molecule has 6 heteroatoms. The molecule has 0 amide bonds. The van der Waals surface area contributed by atoms with Crippen LogP contribution in [-0.4, -0.2) is 47.6 Å². The van der Waals surface area contributed by atoms with Crippen LogP contribution in [0.15, 0.2) is 0 Å². The summed E-state index contributed by atoms with van der Waals surface area (Å²) in [6.45, 7) is 6.51. The fourth-order valence-corrected chi connectivity index (χ4v) is 7.09. The van der Waals surface area contributed by atoms with Crippen molar-refractivity contribution in [1.29, 1.82) is 0 Å². The molecule has 0 aliphatic rings. The van der Waals surface area contributed by atoms with Crippen molar-refractivity contribution in [3.8, 4) is 0 Å². The van der Waals surface area contributed by atoms with Crippen LogP contribution in [0, 0.1) is 0 Å². The number of unbranched alkanes of at least 4 members (excludes halogenated alkanes) is 28. The van der Waals surface area contributed by atoms with E-state index in [9.17, 15) is 9.59 Å². The van der Waals surface area contributed by atoms with E-state index in [4.69, 9.17) is 19.7 Å². The third kappa shape index (κ3) is 34.7. The summed E-state index contributed by atoms with van der Waals surface area (Å²) in [5.41, 5.74) is -0.0955. The lowest BCUT2D eigenvalue weighted by Gasteiger charge is -2.34. The smallest absolute Gasteiger partial charge is 0.303 e. The fraction of sp³-hybridized carbons (Fsp3) is 0.952. The third-order valence-electron chi connectivity index (χ3n) is 10.1. The zero-order valence-corrected chi connectivity index (χ0v) is 32.2. The van der Waals surface area contributed by atoms with Gasteiger partial charge in [0.25, 0.3) is 0 Å². The molecule has 0 aliphatic heterocycles. The van der Waals surface area contributed by atoms with E-state index in [1.54, 1.807) is 0 Å². The van der Waals surface area contributed by atoms with Crippen LogP contribution in [0.25, 0.3) is 0 Å². The Labute approximate surface area is 298 Å². The van der Waals surface area contributed by atoms with Gasteiger partial charge in [-0.3, -0.25) is 9.59 Å². The molecular formula is C42H82O6. The quantitative estimate of drug-likeness (QED) is 0.0623. The lowest BCUT2D eigenvalue weighted by molar-refractivity contribution is -0.138. The van der Waals surface area contributed by atoms with Crippen molar-refractivity contribution >= 4 is 11.9 Å². The lowest BCUT2D eigenvalue weighted by Crippen LogP contribution is -2.38. The van der Waals surface area contributed by atoms with E-state index in [0.29, 0.717) is 12.8 Å². The van der Waals surface area contributed by atoms with Gasteiger partial charge >= 0.3 is 11.9 Å². The standard InChI is InChI=1S/C42H82O6/c1-3-47-39-42(48-4-2,37-33-29-25-21-17-13-9-5-7-11-15-19-23-27-31-35-40(43)44)38-34-30-26-22-18-14-10-6-8-12-16-20-24-28-32-36-41(45)46/h3-39H2,1-2H3,(H,43,44)(H,45,46). The van der Waals surface area contributed by atoms with Gasteiger partial charge in [-0.15, -0.1) is 0 Å². The van der Waals surface area contributed by atoms with Crippen LogP contribution in [0.5, 0.6) is 0 Å². The molecule has 0 atom stereocenters. The fourth-order valence-electron chi connectivity index (χ4n) is 7.09. The van der Waals surface area contributed by atoms with E-state index in [0.717, 1.165) is 58.3 Å². The van der Waals surface area contributed by atoms with E-state index >= 15 is 0 Å². The van der Waals surface area contributed by atoms with Gasteiger partial charge in [-0.05, 0) is 39.5 Å². The molecule has 0 rings (SSSR count). The molecule has 286 valence electrons. The van der Waals surface area contributed by atoms with Gasteiger partial charge < -0.3 is 19.7 Å². The van der Waals surface area contributed by atoms with Crippen LogP contribution in [0.2, 0.25) is 0 Å². The topological polar surface area (TPSA) is 93.1 Å². The SMILES string of the molecule is CCOCC(CCCCCCCCCCCCCCCCCC(=O)O)(CCCCCCCCCCCCCCCCCC(=O)O)OCC. The van der Waals surface area contributed by atoms with Gasteiger partial charge in [-0.1, -0.05) is 180 Å². The lowest BCUT2D eigenvalue weighted by atomic mass is 9.89. The summed E-state index contributed by atoms with van der Waals surface area (Å²) in [5, 5.41) is 17.4. The van der Waals surface area contributed by atoms with Crippen LogP contribution in [0.1, 0.15) is 232 Å². The highest BCUT2D eigenvalue weighted by molar-refractivity contribution is 5.66. The van der Waals surface area contributed by atoms with Crippen LogP contribution in [0.3, 0.4) is 0 Å². The molecule has 0 fully saturated rings. The Morgan fingerprint density at radius 1 is 0.396 bits per heavy atom. The molecule has 0 bridgehead atoms. The minimum Gasteiger partial charge on any atom is -0.481 e. The molecular weight excluding hydrogens is 600 g/mol. The molecule has 48 heavy (non-hydrogen) atoms. The van der Waals surface area contributed by atoms with Crippen molar-refractivity contribution in [1.82, 2.24) is 0 Å². The number of carboxylic acids is 2. The number of rotatable bonds is 41. The van der Waals surface area contributed by atoms with Crippen molar-refractivity contribution in [2.75, 3.05) is 19.8 Å². The maximum atomic E-state index is 10.5. The predicted molar refractivity (Wildman–Crippen MR) is 203 cm³/mol. The first kappa shape index (κ1) is 46.9. The number of hydrogen-bond acceptors (Lipinski definition) is 4. The minimum absolute atomic E-state index is 0.0955. The number of carbonyl (C=O) groups is 2. The second-order valence-corrected chi connectivity index (χ2v) is 14.6. The Hall–Kier alpha value is -1.14. The monoisotopic (exact) mass is 683 g/mol. The van der Waals surface area contributed by atoms with E-state index in [1.807, 2.05) is 0 Å². The van der Waals surface area contributed by atoms with Crippen molar-refractivity contribution in [2.45, 2.75) is 238 Å². The van der Waals surface area contributed by atoms with Crippen molar-refractivity contribution in [3.63, 3.8) is 0 Å². The highest BCUT2D eigenvalue weighted by Crippen LogP contribution is 2.28. The number of ether oxygens (including phenoxy) is 2. The summed E-state index contributed by atoms with van der Waals surface area (Å²) in [6, 6.07) is 0. The van der Waals surface area contributed by atoms with Gasteiger partial charge in [0, 0.05) is 26.1 Å². The van der Waals surface area contributed by atoms with E-state index in [1.165, 1.54) is 167 Å². The molecule has 0 radical (unpaired) electrons. The number of hydrogen-bond donors (Lipinski definition) is 2. The predicted octanol–water partition coefficient (Wildman–Crippen LogP) is 13.2. The molecule has 0 saturated heterocycles. The second kappa shape index (κ2) is 37.1. The Bertz CT molecular complexity index is 633. The largest absolute Gasteiger partial charge is 0.481 e. The molecule has 0 aromatic rings. The van der Waals surface area contributed by atoms with Crippen LogP contribution < -0.4 is 0 Å². The Morgan fingerprint density at radius 3 is 0.875 bits per heavy atom.